The van der Waals surface area contributed by atoms with Crippen LogP contribution in [0.15, 0.2) is 18.5 Å². The van der Waals surface area contributed by atoms with Crippen LogP contribution in [0.5, 0.6) is 0 Å². The maximum Gasteiger partial charge on any atom is 0.407 e. The van der Waals surface area contributed by atoms with Crippen molar-refractivity contribution in [1.29, 1.82) is 0 Å². The molecule has 2 aromatic heterocycles. The van der Waals surface area contributed by atoms with Gasteiger partial charge in [0.1, 0.15) is 5.60 Å². The Hall–Kier alpha value is -2.68. The number of nitrogens with zero attached hydrogens (tertiary/aromatic N) is 4. The fourth-order valence-electron chi connectivity index (χ4n) is 3.22. The molecule has 0 aliphatic carbocycles. The van der Waals surface area contributed by atoms with E-state index in [1.54, 1.807) is 22.9 Å². The Morgan fingerprint density at radius 2 is 2.19 bits per heavy atom. The van der Waals surface area contributed by atoms with Crippen LogP contribution in [0.2, 0.25) is 0 Å². The summed E-state index contributed by atoms with van der Waals surface area (Å²) in [5.74, 6) is -0.713. The smallest absolute Gasteiger partial charge is 0.407 e. The van der Waals surface area contributed by atoms with Gasteiger partial charge >= 0.3 is 12.1 Å². The first kappa shape index (κ1) is 19.1. The van der Waals surface area contributed by atoms with Crippen LogP contribution in [-0.2, 0) is 11.3 Å². The molecular weight excluding hydrogens is 350 g/mol. The summed E-state index contributed by atoms with van der Waals surface area (Å²) in [5, 5.41) is 12.2. The van der Waals surface area contributed by atoms with Crippen LogP contribution >= 0.6 is 0 Å². The molecular formula is C18H25N5O4. The van der Waals surface area contributed by atoms with Gasteiger partial charge in [-0.1, -0.05) is 0 Å². The zero-order valence-electron chi connectivity index (χ0n) is 15.8. The summed E-state index contributed by atoms with van der Waals surface area (Å²) in [7, 11) is 0. The van der Waals surface area contributed by atoms with Crippen LogP contribution in [0.1, 0.15) is 49.8 Å². The van der Waals surface area contributed by atoms with E-state index in [2.05, 4.69) is 20.2 Å². The molecule has 1 aliphatic rings. The fraction of sp³-hybridized carbons (Fsp3) is 0.556. The van der Waals surface area contributed by atoms with E-state index >= 15 is 0 Å². The summed E-state index contributed by atoms with van der Waals surface area (Å²) in [6, 6.07) is 1.56. The van der Waals surface area contributed by atoms with E-state index in [0.29, 0.717) is 18.9 Å². The first-order chi connectivity index (χ1) is 12.7. The monoisotopic (exact) mass is 375 g/mol. The third-order valence-electron chi connectivity index (χ3n) is 4.29. The van der Waals surface area contributed by atoms with E-state index in [-0.39, 0.29) is 11.7 Å². The van der Waals surface area contributed by atoms with Gasteiger partial charge in [-0.05, 0) is 46.2 Å². The van der Waals surface area contributed by atoms with Gasteiger partial charge in [0.15, 0.2) is 5.69 Å². The number of alkyl carbamates (subject to hydrolysis) is 1. The number of likely N-dealkylation sites (tertiary alicyclic amines) is 1. The highest BCUT2D eigenvalue weighted by Gasteiger charge is 2.25. The number of ether oxygens (including phenoxy) is 1. The third-order valence-corrected chi connectivity index (χ3v) is 4.29. The molecule has 0 aromatic carbocycles. The molecule has 0 saturated carbocycles. The van der Waals surface area contributed by atoms with Crippen molar-refractivity contribution in [2.75, 3.05) is 13.1 Å². The van der Waals surface area contributed by atoms with Crippen LogP contribution in [0.25, 0.3) is 5.78 Å². The molecule has 9 heteroatoms. The number of carboxylic acids is 1. The summed E-state index contributed by atoms with van der Waals surface area (Å²) in [6.07, 6.45) is 4.77. The lowest BCUT2D eigenvalue weighted by Gasteiger charge is -2.33. The van der Waals surface area contributed by atoms with Gasteiger partial charge in [0, 0.05) is 37.2 Å². The molecule has 0 radical (unpaired) electrons. The van der Waals surface area contributed by atoms with Gasteiger partial charge in [-0.2, -0.15) is 0 Å². The second-order valence-electron chi connectivity index (χ2n) is 7.76. The number of aromatic carboxylic acids is 1. The minimum absolute atomic E-state index is 0.00680. The number of aromatic nitrogens is 3. The highest BCUT2D eigenvalue weighted by Crippen LogP contribution is 2.16. The van der Waals surface area contributed by atoms with Gasteiger partial charge in [-0.15, -0.1) is 0 Å². The highest BCUT2D eigenvalue weighted by molar-refractivity contribution is 5.85. The zero-order chi connectivity index (χ0) is 19.6. The van der Waals surface area contributed by atoms with E-state index in [0.717, 1.165) is 25.1 Å². The van der Waals surface area contributed by atoms with Crippen molar-refractivity contribution < 1.29 is 19.4 Å². The van der Waals surface area contributed by atoms with Gasteiger partial charge in [-0.25, -0.2) is 19.6 Å². The Morgan fingerprint density at radius 3 is 2.89 bits per heavy atom. The largest absolute Gasteiger partial charge is 0.477 e. The minimum Gasteiger partial charge on any atom is -0.477 e. The standard InChI is InChI=1S/C18H25N5O4/c1-18(2,3)27-17(26)20-12-5-4-7-22(10-12)11-13-9-14(15(24)25)21-16-19-6-8-23(13)16/h6,8-9,12H,4-5,7,10-11H2,1-3H3,(H,20,26)(H,24,25)/t12-/m1/s1. The number of amides is 1. The average molecular weight is 375 g/mol. The number of piperidine rings is 1. The van der Waals surface area contributed by atoms with E-state index < -0.39 is 17.7 Å². The second kappa shape index (κ2) is 7.51. The van der Waals surface area contributed by atoms with Crippen LogP contribution in [0, 0.1) is 0 Å². The van der Waals surface area contributed by atoms with E-state index in [4.69, 9.17) is 4.74 Å². The number of carboxylic acid groups (broad SMARTS) is 1. The Balaban J connectivity index is 1.69. The SMILES string of the molecule is CC(C)(C)OC(=O)N[C@@H]1CCCN(Cc2cc(C(=O)O)nc3nccn23)C1. The first-order valence-electron chi connectivity index (χ1n) is 8.99. The molecule has 0 spiro atoms. The van der Waals surface area contributed by atoms with Gasteiger partial charge in [0.2, 0.25) is 5.78 Å². The van der Waals surface area contributed by atoms with Crippen molar-refractivity contribution in [2.24, 2.45) is 0 Å². The zero-order valence-corrected chi connectivity index (χ0v) is 15.8. The lowest BCUT2D eigenvalue weighted by atomic mass is 10.1. The van der Waals surface area contributed by atoms with Crippen molar-refractivity contribution in [3.63, 3.8) is 0 Å². The summed E-state index contributed by atoms with van der Waals surface area (Å²) < 4.78 is 7.12. The molecule has 27 heavy (non-hydrogen) atoms. The first-order valence-corrected chi connectivity index (χ1v) is 8.99. The number of imidazole rings is 1. The molecule has 9 nitrogen and oxygen atoms in total. The topological polar surface area (TPSA) is 109 Å². The summed E-state index contributed by atoms with van der Waals surface area (Å²) in [6.45, 7) is 7.58. The summed E-state index contributed by atoms with van der Waals surface area (Å²) >= 11 is 0. The number of rotatable bonds is 4. The molecule has 3 heterocycles. The summed E-state index contributed by atoms with van der Waals surface area (Å²) in [4.78, 5) is 33.7. The number of nitrogens with one attached hydrogen (secondary N) is 1. The van der Waals surface area contributed by atoms with Gasteiger partial charge < -0.3 is 15.2 Å². The molecule has 3 rings (SSSR count). The quantitative estimate of drug-likeness (QED) is 0.840. The van der Waals surface area contributed by atoms with Crippen molar-refractivity contribution in [3.8, 4) is 0 Å². The summed E-state index contributed by atoms with van der Waals surface area (Å²) in [5.41, 5.74) is 0.243. The number of hydrogen-bond acceptors (Lipinski definition) is 6. The molecule has 1 amide bonds. The lowest BCUT2D eigenvalue weighted by molar-refractivity contribution is 0.0469. The van der Waals surface area contributed by atoms with Crippen molar-refractivity contribution in [3.05, 3.63) is 29.8 Å². The van der Waals surface area contributed by atoms with E-state index in [1.807, 2.05) is 20.8 Å². The lowest BCUT2D eigenvalue weighted by Crippen LogP contribution is -2.48. The van der Waals surface area contributed by atoms with Crippen LogP contribution in [0.4, 0.5) is 4.79 Å². The molecule has 1 atom stereocenters. The molecule has 2 N–H and O–H groups in total. The molecule has 1 aliphatic heterocycles. The minimum atomic E-state index is -1.08. The normalized spacial score (nSPS) is 18.4. The number of fused-ring (bicyclic) bond motifs is 1. The van der Waals surface area contributed by atoms with Crippen LogP contribution in [-0.4, -0.2) is 61.2 Å². The van der Waals surface area contributed by atoms with Crippen molar-refractivity contribution in [1.82, 2.24) is 24.6 Å². The van der Waals surface area contributed by atoms with Gasteiger partial charge in [0.25, 0.3) is 0 Å². The Kier molecular flexibility index (Phi) is 5.31. The predicted octanol–water partition coefficient (Wildman–Crippen LogP) is 1.92. The maximum absolute atomic E-state index is 12.0. The van der Waals surface area contributed by atoms with Gasteiger partial charge in [-0.3, -0.25) is 9.30 Å². The van der Waals surface area contributed by atoms with Crippen molar-refractivity contribution in [2.45, 2.75) is 51.8 Å². The predicted molar refractivity (Wildman–Crippen MR) is 97.6 cm³/mol. The molecule has 0 unspecified atom stereocenters. The van der Waals surface area contributed by atoms with Gasteiger partial charge in [0.05, 0.1) is 0 Å². The molecule has 2 aromatic rings. The Morgan fingerprint density at radius 1 is 1.41 bits per heavy atom. The van der Waals surface area contributed by atoms with Crippen LogP contribution < -0.4 is 5.32 Å². The second-order valence-corrected chi connectivity index (χ2v) is 7.76. The third kappa shape index (κ3) is 4.94. The van der Waals surface area contributed by atoms with Crippen molar-refractivity contribution >= 4 is 17.8 Å². The molecule has 0 bridgehead atoms. The number of carbonyl (C=O) groups excluding carboxylic acids is 1. The average Bonchev–Trinajstić information content (AvgIpc) is 3.02. The maximum atomic E-state index is 12.0. The van der Waals surface area contributed by atoms with Crippen LogP contribution in [0.3, 0.4) is 0 Å². The Labute approximate surface area is 157 Å². The molecule has 1 fully saturated rings. The highest BCUT2D eigenvalue weighted by atomic mass is 16.6. The number of carbonyl (C=O) groups is 2. The molecule has 1 saturated heterocycles. The molecule has 146 valence electrons. The fourth-order valence-corrected chi connectivity index (χ4v) is 3.22. The number of hydrogen-bond donors (Lipinski definition) is 2. The Bertz CT molecular complexity index is 842. The van der Waals surface area contributed by atoms with E-state index in [9.17, 15) is 14.7 Å². The van der Waals surface area contributed by atoms with E-state index in [1.165, 1.54) is 0 Å².